The molecule has 0 N–H and O–H groups in total. The van der Waals surface area contributed by atoms with Gasteiger partial charge in [0.25, 0.3) is 0 Å². The van der Waals surface area contributed by atoms with Gasteiger partial charge in [0.2, 0.25) is 0 Å². The summed E-state index contributed by atoms with van der Waals surface area (Å²) in [5.74, 6) is 0.944. The Balaban J connectivity index is 0. The molecule has 0 saturated carbocycles. The van der Waals surface area contributed by atoms with Crippen LogP contribution in [0.3, 0.4) is 0 Å². The highest BCUT2D eigenvalue weighted by molar-refractivity contribution is 7.80. The van der Waals surface area contributed by atoms with Gasteiger partial charge in [-0.25, -0.2) is 0 Å². The molecular weight excluding hydrogens is 140 g/mol. The average Bonchev–Trinajstić information content (AvgIpc) is 1.91. The maximum atomic E-state index is 3.79. The predicted octanol–water partition coefficient (Wildman–Crippen LogP) is 3.91. The summed E-state index contributed by atoms with van der Waals surface area (Å²) < 4.78 is 0. The molecule has 0 bridgehead atoms. The molecule has 0 spiro atoms. The first-order chi connectivity index (χ1) is 4.83. The molecule has 0 fully saturated rings. The van der Waals surface area contributed by atoms with E-state index in [0.717, 1.165) is 5.75 Å². The minimum absolute atomic E-state index is 0.944. The van der Waals surface area contributed by atoms with Crippen molar-refractivity contribution in [2.24, 2.45) is 0 Å². The van der Waals surface area contributed by atoms with E-state index in [2.05, 4.69) is 26.5 Å². The molecular formula is C9H22S. The van der Waals surface area contributed by atoms with Crippen molar-refractivity contribution in [3.05, 3.63) is 0 Å². The van der Waals surface area contributed by atoms with E-state index >= 15 is 0 Å². The fraction of sp³-hybridized carbons (Fsp3) is 1.00. The molecule has 0 saturated heterocycles. The Morgan fingerprint density at radius 3 is 1.30 bits per heavy atom. The van der Waals surface area contributed by atoms with Crippen molar-refractivity contribution in [3.8, 4) is 0 Å². The van der Waals surface area contributed by atoms with Crippen LogP contribution < -0.4 is 0 Å². The summed E-state index contributed by atoms with van der Waals surface area (Å²) in [6.07, 6.45) is 7.01. The summed E-state index contributed by atoms with van der Waals surface area (Å²) in [5, 5.41) is 0. The Hall–Kier alpha value is 0.350. The lowest BCUT2D eigenvalue weighted by molar-refractivity contribution is 0.656. The van der Waals surface area contributed by atoms with Gasteiger partial charge < -0.3 is 0 Å². The zero-order valence-electron chi connectivity index (χ0n) is 7.69. The molecule has 0 radical (unpaired) electrons. The molecule has 0 unspecified atom stereocenters. The van der Waals surface area contributed by atoms with Gasteiger partial charge in [0.05, 0.1) is 0 Å². The molecule has 10 heavy (non-hydrogen) atoms. The maximum absolute atomic E-state index is 3.79. The molecule has 1 heteroatoms. The highest BCUT2D eigenvalue weighted by Crippen LogP contribution is 2.00. The quantitative estimate of drug-likeness (QED) is 0.470. The minimum Gasteiger partial charge on any atom is -0.180 e. The Labute approximate surface area is 71.8 Å². The molecule has 0 aliphatic heterocycles. The Bertz CT molecular complexity index is 31.7. The van der Waals surface area contributed by atoms with Crippen LogP contribution in [0.15, 0.2) is 0 Å². The third-order valence-corrected chi connectivity index (χ3v) is 1.21. The van der Waals surface area contributed by atoms with Crippen LogP contribution in [-0.4, -0.2) is 5.75 Å². The molecule has 0 aromatic heterocycles. The van der Waals surface area contributed by atoms with Crippen molar-refractivity contribution in [2.75, 3.05) is 5.75 Å². The fourth-order valence-electron chi connectivity index (χ4n) is 0.677. The normalized spacial score (nSPS) is 8.40. The Morgan fingerprint density at radius 2 is 1.10 bits per heavy atom. The summed E-state index contributed by atoms with van der Waals surface area (Å²) in [6, 6.07) is 0. The first-order valence-corrected chi connectivity index (χ1v) is 5.07. The lowest BCUT2D eigenvalue weighted by atomic mass is 10.2. The number of unbranched alkanes of at least 4 members (excludes halogenated alkanes) is 4. The predicted molar refractivity (Wildman–Crippen MR) is 54.0 cm³/mol. The Kier molecular flexibility index (Phi) is 21.0. The monoisotopic (exact) mass is 162 g/mol. The van der Waals surface area contributed by atoms with Crippen LogP contribution >= 0.6 is 12.6 Å². The van der Waals surface area contributed by atoms with E-state index in [1.54, 1.807) is 0 Å². The van der Waals surface area contributed by atoms with E-state index in [1.807, 2.05) is 6.92 Å². The number of hydrogen-bond donors (Lipinski definition) is 1. The van der Waals surface area contributed by atoms with Gasteiger partial charge in [-0.1, -0.05) is 52.9 Å². The molecule has 0 amide bonds. The van der Waals surface area contributed by atoms with Gasteiger partial charge in [0.15, 0.2) is 0 Å². The van der Waals surface area contributed by atoms with Gasteiger partial charge >= 0.3 is 0 Å². The molecule has 0 aliphatic rings. The first-order valence-electron chi connectivity index (χ1n) is 4.44. The van der Waals surface area contributed by atoms with Crippen molar-refractivity contribution in [2.45, 2.75) is 52.9 Å². The van der Waals surface area contributed by atoms with E-state index in [4.69, 9.17) is 0 Å². The highest BCUT2D eigenvalue weighted by atomic mass is 32.1. The lowest BCUT2D eigenvalue weighted by Gasteiger charge is -1.90. The van der Waals surface area contributed by atoms with Crippen LogP contribution in [0.1, 0.15) is 52.9 Å². The molecule has 0 rings (SSSR count). The van der Waals surface area contributed by atoms with E-state index < -0.39 is 0 Å². The van der Waals surface area contributed by atoms with Crippen LogP contribution in [0.25, 0.3) is 0 Å². The zero-order valence-corrected chi connectivity index (χ0v) is 8.58. The van der Waals surface area contributed by atoms with Crippen LogP contribution in [0.2, 0.25) is 0 Å². The van der Waals surface area contributed by atoms with Crippen molar-refractivity contribution in [1.82, 2.24) is 0 Å². The standard InChI is InChI=1S/C7H16.C2H6S/c1-3-5-7-6-4-2;1-2-3/h3-7H2,1-2H3;3H,2H2,1H3. The summed E-state index contributed by atoms with van der Waals surface area (Å²) >= 11 is 3.79. The number of thiol groups is 1. The zero-order chi connectivity index (χ0) is 8.24. The largest absolute Gasteiger partial charge is 0.180 e. The first kappa shape index (κ1) is 13.0. The van der Waals surface area contributed by atoms with Crippen LogP contribution in [0.5, 0.6) is 0 Å². The van der Waals surface area contributed by atoms with Gasteiger partial charge in [0.1, 0.15) is 0 Å². The van der Waals surface area contributed by atoms with E-state index in [9.17, 15) is 0 Å². The molecule has 64 valence electrons. The molecule has 0 atom stereocenters. The summed E-state index contributed by atoms with van der Waals surface area (Å²) in [6.45, 7) is 6.48. The molecule has 0 aliphatic carbocycles. The molecule has 0 heterocycles. The molecule has 0 aromatic rings. The third-order valence-electron chi connectivity index (χ3n) is 1.21. The van der Waals surface area contributed by atoms with Gasteiger partial charge in [-0.2, -0.15) is 12.6 Å². The molecule has 0 nitrogen and oxygen atoms in total. The van der Waals surface area contributed by atoms with Crippen molar-refractivity contribution < 1.29 is 0 Å². The summed E-state index contributed by atoms with van der Waals surface area (Å²) in [5.41, 5.74) is 0. The maximum Gasteiger partial charge on any atom is -0.0126 e. The van der Waals surface area contributed by atoms with Crippen LogP contribution in [0, 0.1) is 0 Å². The van der Waals surface area contributed by atoms with E-state index in [-0.39, 0.29) is 0 Å². The number of rotatable bonds is 4. The van der Waals surface area contributed by atoms with Gasteiger partial charge in [-0.15, -0.1) is 0 Å². The van der Waals surface area contributed by atoms with E-state index in [1.165, 1.54) is 32.1 Å². The van der Waals surface area contributed by atoms with E-state index in [0.29, 0.717) is 0 Å². The average molecular weight is 162 g/mol. The summed E-state index contributed by atoms with van der Waals surface area (Å²) in [7, 11) is 0. The van der Waals surface area contributed by atoms with Crippen molar-refractivity contribution >= 4 is 12.6 Å². The van der Waals surface area contributed by atoms with Gasteiger partial charge in [-0.05, 0) is 5.75 Å². The second-order valence-corrected chi connectivity index (χ2v) is 3.01. The van der Waals surface area contributed by atoms with Gasteiger partial charge in [-0.3, -0.25) is 0 Å². The smallest absolute Gasteiger partial charge is 0.0126 e. The van der Waals surface area contributed by atoms with Crippen LogP contribution in [-0.2, 0) is 0 Å². The molecule has 0 aromatic carbocycles. The van der Waals surface area contributed by atoms with Crippen molar-refractivity contribution in [1.29, 1.82) is 0 Å². The second-order valence-electron chi connectivity index (χ2n) is 2.38. The fourth-order valence-corrected chi connectivity index (χ4v) is 0.677. The van der Waals surface area contributed by atoms with Gasteiger partial charge in [0, 0.05) is 0 Å². The summed E-state index contributed by atoms with van der Waals surface area (Å²) in [4.78, 5) is 0. The van der Waals surface area contributed by atoms with Crippen LogP contribution in [0.4, 0.5) is 0 Å². The third kappa shape index (κ3) is 23.8. The highest BCUT2D eigenvalue weighted by Gasteiger charge is 1.80. The second kappa shape index (κ2) is 16.2. The topological polar surface area (TPSA) is 0 Å². The van der Waals surface area contributed by atoms with Crippen molar-refractivity contribution in [3.63, 3.8) is 0 Å². The Morgan fingerprint density at radius 1 is 0.800 bits per heavy atom. The number of hydrogen-bond acceptors (Lipinski definition) is 1. The SMILES string of the molecule is CCCCCCC.CCS. The minimum atomic E-state index is 0.944. The lowest BCUT2D eigenvalue weighted by Crippen LogP contribution is -1.70.